The van der Waals surface area contributed by atoms with Gasteiger partial charge in [-0.3, -0.25) is 9.59 Å². The van der Waals surface area contributed by atoms with E-state index in [9.17, 15) is 9.59 Å². The first-order chi connectivity index (χ1) is 7.49. The summed E-state index contributed by atoms with van der Waals surface area (Å²) in [6.45, 7) is 0.404. The fourth-order valence-electron chi connectivity index (χ4n) is 1.06. The summed E-state index contributed by atoms with van der Waals surface area (Å²) >= 11 is 4.85. The standard InChI is InChI=1S/C9H12BrN3O2S/c10-7-2-1-5(16-7)4-13-9(15)6(11)3-8(12)14/h1-2,6H,3-4,11H2,(H2,12,14)(H,13,15). The highest BCUT2D eigenvalue weighted by Crippen LogP contribution is 2.21. The SMILES string of the molecule is NC(=O)CC(N)C(=O)NCc1ccc(Br)s1. The van der Waals surface area contributed by atoms with Crippen molar-refractivity contribution >= 4 is 39.1 Å². The van der Waals surface area contributed by atoms with Gasteiger partial charge in [0.2, 0.25) is 11.8 Å². The number of hydrogen-bond donors (Lipinski definition) is 3. The van der Waals surface area contributed by atoms with Crippen molar-refractivity contribution in [2.45, 2.75) is 19.0 Å². The summed E-state index contributed by atoms with van der Waals surface area (Å²) < 4.78 is 0.998. The molecule has 0 bridgehead atoms. The maximum absolute atomic E-state index is 11.4. The average molecular weight is 306 g/mol. The van der Waals surface area contributed by atoms with Gasteiger partial charge in [0.05, 0.1) is 22.8 Å². The Bertz CT molecular complexity index is 394. The van der Waals surface area contributed by atoms with Gasteiger partial charge < -0.3 is 16.8 Å². The molecule has 5 nitrogen and oxygen atoms in total. The van der Waals surface area contributed by atoms with Crippen molar-refractivity contribution < 1.29 is 9.59 Å². The Balaban J connectivity index is 2.37. The van der Waals surface area contributed by atoms with Gasteiger partial charge in [-0.1, -0.05) is 0 Å². The molecule has 1 aromatic rings. The number of hydrogen-bond acceptors (Lipinski definition) is 4. The Morgan fingerprint density at radius 1 is 1.50 bits per heavy atom. The van der Waals surface area contributed by atoms with E-state index < -0.39 is 11.9 Å². The molecule has 1 rings (SSSR count). The van der Waals surface area contributed by atoms with Crippen molar-refractivity contribution in [2.24, 2.45) is 11.5 Å². The number of amides is 2. The third-order valence-electron chi connectivity index (χ3n) is 1.82. The molecular formula is C9H12BrN3O2S. The van der Waals surface area contributed by atoms with Gasteiger partial charge in [-0.2, -0.15) is 0 Å². The second kappa shape index (κ2) is 5.97. The molecule has 0 spiro atoms. The minimum Gasteiger partial charge on any atom is -0.370 e. The molecule has 0 saturated heterocycles. The number of halogens is 1. The van der Waals surface area contributed by atoms with Gasteiger partial charge in [0, 0.05) is 4.88 Å². The molecule has 2 amide bonds. The van der Waals surface area contributed by atoms with Gasteiger partial charge >= 0.3 is 0 Å². The molecule has 7 heteroatoms. The fourth-order valence-corrected chi connectivity index (χ4v) is 2.48. The van der Waals surface area contributed by atoms with E-state index in [1.807, 2.05) is 12.1 Å². The zero-order chi connectivity index (χ0) is 12.1. The normalized spacial score (nSPS) is 12.1. The van der Waals surface area contributed by atoms with E-state index in [1.165, 1.54) is 11.3 Å². The summed E-state index contributed by atoms with van der Waals surface area (Å²) in [5, 5.41) is 2.64. The number of carbonyl (C=O) groups is 2. The fraction of sp³-hybridized carbons (Fsp3) is 0.333. The van der Waals surface area contributed by atoms with Gasteiger partial charge in [0.1, 0.15) is 0 Å². The highest BCUT2D eigenvalue weighted by atomic mass is 79.9. The van der Waals surface area contributed by atoms with E-state index in [0.29, 0.717) is 6.54 Å². The maximum Gasteiger partial charge on any atom is 0.237 e. The number of nitrogens with one attached hydrogen (secondary N) is 1. The highest BCUT2D eigenvalue weighted by molar-refractivity contribution is 9.11. The zero-order valence-electron chi connectivity index (χ0n) is 8.40. The molecule has 0 radical (unpaired) electrons. The molecule has 1 aromatic heterocycles. The lowest BCUT2D eigenvalue weighted by Gasteiger charge is -2.09. The first kappa shape index (κ1) is 13.1. The van der Waals surface area contributed by atoms with E-state index in [4.69, 9.17) is 11.5 Å². The zero-order valence-corrected chi connectivity index (χ0v) is 10.8. The number of primary amides is 1. The van der Waals surface area contributed by atoms with Crippen molar-refractivity contribution in [3.8, 4) is 0 Å². The van der Waals surface area contributed by atoms with Crippen LogP contribution in [0, 0.1) is 0 Å². The van der Waals surface area contributed by atoms with Crippen LogP contribution in [0.1, 0.15) is 11.3 Å². The quantitative estimate of drug-likeness (QED) is 0.731. The van der Waals surface area contributed by atoms with Crippen molar-refractivity contribution in [3.05, 3.63) is 20.8 Å². The molecule has 1 atom stereocenters. The van der Waals surface area contributed by atoms with E-state index >= 15 is 0 Å². The Hall–Kier alpha value is -0.920. The lowest BCUT2D eigenvalue weighted by molar-refractivity contribution is -0.126. The van der Waals surface area contributed by atoms with Crippen molar-refractivity contribution in [2.75, 3.05) is 0 Å². The van der Waals surface area contributed by atoms with Gasteiger partial charge in [-0.15, -0.1) is 11.3 Å². The summed E-state index contributed by atoms with van der Waals surface area (Å²) in [4.78, 5) is 23.0. The molecule has 16 heavy (non-hydrogen) atoms. The van der Waals surface area contributed by atoms with Gasteiger partial charge in [0.25, 0.3) is 0 Å². The Morgan fingerprint density at radius 2 is 2.19 bits per heavy atom. The Morgan fingerprint density at radius 3 is 2.69 bits per heavy atom. The maximum atomic E-state index is 11.4. The number of nitrogens with two attached hydrogens (primary N) is 2. The molecule has 0 aliphatic heterocycles. The minimum atomic E-state index is -0.874. The Labute approximate surface area is 105 Å². The van der Waals surface area contributed by atoms with E-state index in [-0.39, 0.29) is 12.3 Å². The summed E-state index contributed by atoms with van der Waals surface area (Å²) in [7, 11) is 0. The number of carbonyl (C=O) groups excluding carboxylic acids is 2. The van der Waals surface area contributed by atoms with E-state index in [2.05, 4.69) is 21.2 Å². The van der Waals surface area contributed by atoms with Crippen molar-refractivity contribution in [3.63, 3.8) is 0 Å². The van der Waals surface area contributed by atoms with Gasteiger partial charge in [-0.25, -0.2) is 0 Å². The van der Waals surface area contributed by atoms with Crippen LogP contribution in [0.15, 0.2) is 15.9 Å². The van der Waals surface area contributed by atoms with E-state index in [0.717, 1.165) is 8.66 Å². The topological polar surface area (TPSA) is 98.2 Å². The van der Waals surface area contributed by atoms with Crippen LogP contribution >= 0.6 is 27.3 Å². The smallest absolute Gasteiger partial charge is 0.237 e. The molecule has 0 aliphatic rings. The van der Waals surface area contributed by atoms with Crippen LogP contribution in [0.5, 0.6) is 0 Å². The van der Waals surface area contributed by atoms with Crippen LogP contribution in [0.2, 0.25) is 0 Å². The van der Waals surface area contributed by atoms with Crippen molar-refractivity contribution in [1.82, 2.24) is 5.32 Å². The number of thiophene rings is 1. The van der Waals surface area contributed by atoms with E-state index in [1.54, 1.807) is 0 Å². The van der Waals surface area contributed by atoms with Crippen LogP contribution < -0.4 is 16.8 Å². The summed E-state index contributed by atoms with van der Waals surface area (Å²) in [5.41, 5.74) is 10.4. The molecule has 1 heterocycles. The highest BCUT2D eigenvalue weighted by Gasteiger charge is 2.15. The van der Waals surface area contributed by atoms with Crippen LogP contribution in [-0.2, 0) is 16.1 Å². The van der Waals surface area contributed by atoms with Crippen LogP contribution in [0.3, 0.4) is 0 Å². The summed E-state index contributed by atoms with van der Waals surface area (Å²) in [6, 6.07) is 2.92. The lowest BCUT2D eigenvalue weighted by Crippen LogP contribution is -2.42. The molecule has 5 N–H and O–H groups in total. The molecule has 0 aliphatic carbocycles. The third-order valence-corrected chi connectivity index (χ3v) is 3.45. The van der Waals surface area contributed by atoms with Crippen LogP contribution in [-0.4, -0.2) is 17.9 Å². The molecular weight excluding hydrogens is 294 g/mol. The Kier molecular flexibility index (Phi) is 4.91. The molecule has 0 saturated carbocycles. The summed E-state index contributed by atoms with van der Waals surface area (Å²) in [6.07, 6.45) is -0.139. The van der Waals surface area contributed by atoms with Crippen LogP contribution in [0.25, 0.3) is 0 Å². The van der Waals surface area contributed by atoms with Gasteiger partial charge in [-0.05, 0) is 28.1 Å². The molecule has 0 aromatic carbocycles. The largest absolute Gasteiger partial charge is 0.370 e. The molecule has 88 valence electrons. The summed E-state index contributed by atoms with van der Waals surface area (Å²) in [5.74, 6) is -0.954. The second-order valence-corrected chi connectivity index (χ2v) is 5.75. The first-order valence-electron chi connectivity index (χ1n) is 4.55. The lowest BCUT2D eigenvalue weighted by atomic mass is 10.2. The predicted molar refractivity (Wildman–Crippen MR) is 65.7 cm³/mol. The predicted octanol–water partition coefficient (Wildman–Crippen LogP) is 0.329. The monoisotopic (exact) mass is 305 g/mol. The van der Waals surface area contributed by atoms with Crippen molar-refractivity contribution in [1.29, 1.82) is 0 Å². The third kappa shape index (κ3) is 4.30. The van der Waals surface area contributed by atoms with Crippen LogP contribution in [0.4, 0.5) is 0 Å². The number of rotatable bonds is 5. The molecule has 0 fully saturated rings. The first-order valence-corrected chi connectivity index (χ1v) is 6.16. The van der Waals surface area contributed by atoms with Gasteiger partial charge in [0.15, 0.2) is 0 Å². The average Bonchev–Trinajstić information content (AvgIpc) is 2.59. The molecule has 1 unspecified atom stereocenters. The second-order valence-electron chi connectivity index (χ2n) is 3.20. The minimum absolute atomic E-state index is 0.139.